The van der Waals surface area contributed by atoms with Crippen molar-refractivity contribution in [1.29, 1.82) is 0 Å². The molecule has 142 valence electrons. The molecule has 1 fully saturated rings. The molecule has 0 aliphatic carbocycles. The summed E-state index contributed by atoms with van der Waals surface area (Å²) >= 11 is 0. The third-order valence-electron chi connectivity index (χ3n) is 4.92. The standard InChI is InChI=1S/C20H28N4O.ClH/c1-16-14-18(9-10-21-16)20(25)23-15-19-22-11-13-24(19)12-5-8-17-6-3-2-4-7-17;/h2-4,6-7,11,13,16,18,21H,5,8-10,12,14-15H2,1H3,(H,23,25);1H/t16-,18-;/m0./s1. The quantitative estimate of drug-likeness (QED) is 0.781. The van der Waals surface area contributed by atoms with E-state index in [9.17, 15) is 4.79 Å². The van der Waals surface area contributed by atoms with Crippen molar-refractivity contribution in [3.05, 3.63) is 54.1 Å². The summed E-state index contributed by atoms with van der Waals surface area (Å²) in [7, 11) is 0. The van der Waals surface area contributed by atoms with Crippen LogP contribution in [0.5, 0.6) is 0 Å². The highest BCUT2D eigenvalue weighted by Gasteiger charge is 2.24. The first-order valence-electron chi connectivity index (χ1n) is 9.27. The minimum absolute atomic E-state index is 0. The van der Waals surface area contributed by atoms with Crippen molar-refractivity contribution in [2.75, 3.05) is 6.54 Å². The summed E-state index contributed by atoms with van der Waals surface area (Å²) in [6, 6.07) is 10.9. The van der Waals surface area contributed by atoms with Crippen molar-refractivity contribution in [3.63, 3.8) is 0 Å². The fourth-order valence-electron chi connectivity index (χ4n) is 3.49. The molecule has 1 amide bonds. The molecule has 2 heterocycles. The third kappa shape index (κ3) is 5.85. The summed E-state index contributed by atoms with van der Waals surface area (Å²) in [6.45, 7) is 4.49. The zero-order valence-electron chi connectivity index (χ0n) is 15.4. The van der Waals surface area contributed by atoms with Gasteiger partial charge in [0.25, 0.3) is 0 Å². The number of nitrogens with zero attached hydrogens (tertiary/aromatic N) is 2. The van der Waals surface area contributed by atoms with Gasteiger partial charge in [0.2, 0.25) is 5.91 Å². The molecule has 0 spiro atoms. The van der Waals surface area contributed by atoms with Crippen LogP contribution in [0.3, 0.4) is 0 Å². The molecule has 1 aromatic heterocycles. The van der Waals surface area contributed by atoms with Gasteiger partial charge in [-0.3, -0.25) is 4.79 Å². The first-order chi connectivity index (χ1) is 12.2. The zero-order chi connectivity index (χ0) is 17.5. The maximum Gasteiger partial charge on any atom is 0.223 e. The monoisotopic (exact) mass is 376 g/mol. The molecule has 1 saturated heterocycles. The lowest BCUT2D eigenvalue weighted by atomic mass is 9.92. The Morgan fingerprint density at radius 1 is 1.35 bits per heavy atom. The van der Waals surface area contributed by atoms with Crippen LogP contribution in [0, 0.1) is 5.92 Å². The fraction of sp³-hybridized carbons (Fsp3) is 0.500. The lowest BCUT2D eigenvalue weighted by molar-refractivity contribution is -0.126. The second-order valence-corrected chi connectivity index (χ2v) is 6.92. The molecule has 1 aliphatic rings. The van der Waals surface area contributed by atoms with E-state index in [1.165, 1.54) is 5.56 Å². The number of piperidine rings is 1. The maximum atomic E-state index is 12.4. The summed E-state index contributed by atoms with van der Waals surface area (Å²) in [5, 5.41) is 6.46. The number of imidazole rings is 1. The smallest absolute Gasteiger partial charge is 0.223 e. The van der Waals surface area contributed by atoms with Gasteiger partial charge in [-0.05, 0) is 44.7 Å². The molecule has 0 saturated carbocycles. The zero-order valence-corrected chi connectivity index (χ0v) is 16.2. The van der Waals surface area contributed by atoms with Crippen LogP contribution in [0.4, 0.5) is 0 Å². The number of benzene rings is 1. The van der Waals surface area contributed by atoms with E-state index in [0.29, 0.717) is 12.6 Å². The van der Waals surface area contributed by atoms with E-state index in [1.54, 1.807) is 0 Å². The fourth-order valence-corrected chi connectivity index (χ4v) is 3.49. The summed E-state index contributed by atoms with van der Waals surface area (Å²) in [4.78, 5) is 16.8. The van der Waals surface area contributed by atoms with Crippen molar-refractivity contribution in [1.82, 2.24) is 20.2 Å². The number of carbonyl (C=O) groups excluding carboxylic acids is 1. The lowest BCUT2D eigenvalue weighted by Crippen LogP contribution is -2.42. The van der Waals surface area contributed by atoms with Crippen LogP contribution in [-0.2, 0) is 24.3 Å². The van der Waals surface area contributed by atoms with E-state index in [1.807, 2.05) is 18.5 Å². The van der Waals surface area contributed by atoms with Gasteiger partial charge < -0.3 is 15.2 Å². The first-order valence-corrected chi connectivity index (χ1v) is 9.27. The molecular weight excluding hydrogens is 348 g/mol. The Hall–Kier alpha value is -1.85. The Labute approximate surface area is 162 Å². The molecule has 1 aromatic carbocycles. The van der Waals surface area contributed by atoms with E-state index in [-0.39, 0.29) is 24.2 Å². The van der Waals surface area contributed by atoms with Gasteiger partial charge in [0.1, 0.15) is 5.82 Å². The van der Waals surface area contributed by atoms with Crippen LogP contribution in [0.25, 0.3) is 0 Å². The molecule has 2 atom stereocenters. The van der Waals surface area contributed by atoms with E-state index in [0.717, 1.165) is 44.6 Å². The molecule has 26 heavy (non-hydrogen) atoms. The van der Waals surface area contributed by atoms with Gasteiger partial charge in [-0.2, -0.15) is 0 Å². The topological polar surface area (TPSA) is 59.0 Å². The second kappa shape index (κ2) is 10.3. The molecule has 6 heteroatoms. The number of rotatable bonds is 7. The highest BCUT2D eigenvalue weighted by Crippen LogP contribution is 2.16. The van der Waals surface area contributed by atoms with Crippen molar-refractivity contribution in [2.24, 2.45) is 5.92 Å². The minimum Gasteiger partial charge on any atom is -0.349 e. The van der Waals surface area contributed by atoms with Gasteiger partial charge in [-0.15, -0.1) is 12.4 Å². The van der Waals surface area contributed by atoms with Crippen molar-refractivity contribution >= 4 is 18.3 Å². The predicted octanol–water partition coefficient (Wildman–Crippen LogP) is 2.94. The van der Waals surface area contributed by atoms with Crippen LogP contribution in [0.1, 0.15) is 37.6 Å². The van der Waals surface area contributed by atoms with Crippen LogP contribution in [0.15, 0.2) is 42.7 Å². The van der Waals surface area contributed by atoms with Gasteiger partial charge in [0, 0.05) is 30.9 Å². The Balaban J connectivity index is 0.00000243. The van der Waals surface area contributed by atoms with Crippen LogP contribution in [0.2, 0.25) is 0 Å². The Morgan fingerprint density at radius 3 is 2.92 bits per heavy atom. The highest BCUT2D eigenvalue weighted by atomic mass is 35.5. The van der Waals surface area contributed by atoms with Crippen LogP contribution in [-0.4, -0.2) is 28.0 Å². The number of hydrogen-bond acceptors (Lipinski definition) is 3. The largest absolute Gasteiger partial charge is 0.349 e. The summed E-state index contributed by atoms with van der Waals surface area (Å²) in [5.74, 6) is 1.22. The van der Waals surface area contributed by atoms with Crippen LogP contribution >= 0.6 is 12.4 Å². The second-order valence-electron chi connectivity index (χ2n) is 6.92. The molecule has 0 radical (unpaired) electrons. The molecule has 1 aliphatic heterocycles. The van der Waals surface area contributed by atoms with Crippen LogP contribution < -0.4 is 10.6 Å². The molecule has 0 bridgehead atoms. The summed E-state index contributed by atoms with van der Waals surface area (Å²) in [5.41, 5.74) is 1.36. The summed E-state index contributed by atoms with van der Waals surface area (Å²) in [6.07, 6.45) is 7.76. The van der Waals surface area contributed by atoms with Gasteiger partial charge in [-0.25, -0.2) is 4.98 Å². The molecule has 3 rings (SSSR count). The lowest BCUT2D eigenvalue weighted by Gasteiger charge is -2.27. The van der Waals surface area contributed by atoms with Crippen molar-refractivity contribution < 1.29 is 4.79 Å². The number of nitrogens with one attached hydrogen (secondary N) is 2. The molecule has 2 aromatic rings. The van der Waals surface area contributed by atoms with E-state index in [4.69, 9.17) is 0 Å². The average Bonchev–Trinajstić information content (AvgIpc) is 3.08. The van der Waals surface area contributed by atoms with Gasteiger partial charge in [0.05, 0.1) is 6.54 Å². The maximum absolute atomic E-state index is 12.4. The molecular formula is C20H29ClN4O. The Morgan fingerprint density at radius 2 is 2.15 bits per heavy atom. The summed E-state index contributed by atoms with van der Waals surface area (Å²) < 4.78 is 2.15. The van der Waals surface area contributed by atoms with E-state index < -0.39 is 0 Å². The number of hydrogen-bond donors (Lipinski definition) is 2. The Kier molecular flexibility index (Phi) is 8.13. The van der Waals surface area contributed by atoms with E-state index in [2.05, 4.69) is 51.4 Å². The Bertz CT molecular complexity index is 673. The van der Waals surface area contributed by atoms with Gasteiger partial charge in [0.15, 0.2) is 0 Å². The van der Waals surface area contributed by atoms with E-state index >= 15 is 0 Å². The SMILES string of the molecule is C[C@H]1C[C@@H](C(=O)NCc2nccn2CCCc2ccccc2)CCN1.Cl. The molecule has 2 N–H and O–H groups in total. The van der Waals surface area contributed by atoms with Crippen molar-refractivity contribution in [3.8, 4) is 0 Å². The average molecular weight is 377 g/mol. The molecule has 5 nitrogen and oxygen atoms in total. The normalized spacial score (nSPS) is 19.6. The number of amides is 1. The third-order valence-corrected chi connectivity index (χ3v) is 4.92. The van der Waals surface area contributed by atoms with Crippen molar-refractivity contribution in [2.45, 2.75) is 51.7 Å². The minimum atomic E-state index is 0. The number of carbonyl (C=O) groups is 1. The predicted molar refractivity (Wildman–Crippen MR) is 106 cm³/mol. The number of aromatic nitrogens is 2. The van der Waals surface area contributed by atoms with Gasteiger partial charge >= 0.3 is 0 Å². The first kappa shape index (κ1) is 20.5. The van der Waals surface area contributed by atoms with Gasteiger partial charge in [-0.1, -0.05) is 30.3 Å². The highest BCUT2D eigenvalue weighted by molar-refractivity contribution is 5.85. The molecule has 0 unspecified atom stereocenters. The number of aryl methyl sites for hydroxylation is 2. The number of halogens is 1.